The summed E-state index contributed by atoms with van der Waals surface area (Å²) in [7, 11) is 1.23. The zero-order valence-corrected chi connectivity index (χ0v) is 7.18. The summed E-state index contributed by atoms with van der Waals surface area (Å²) in [4.78, 5) is 0. The third kappa shape index (κ3) is 4.81. The molecule has 0 saturated heterocycles. The summed E-state index contributed by atoms with van der Waals surface area (Å²) < 4.78 is 0. The summed E-state index contributed by atoms with van der Waals surface area (Å²) in [5, 5.41) is 0. The molecule has 0 aromatic rings. The van der Waals surface area contributed by atoms with Gasteiger partial charge in [0, 0.05) is 0 Å². The molecule has 40 valence electrons. The van der Waals surface area contributed by atoms with Crippen LogP contribution in [-0.4, -0.2) is 6.15 Å². The number of hydrogen-bond donors (Lipinski definition) is 0. The molecule has 0 atom stereocenters. The summed E-state index contributed by atoms with van der Waals surface area (Å²) in [6.07, 6.45) is 3.09. The fraction of sp³-hybridized carbons (Fsp3) is 1.00. The van der Waals surface area contributed by atoms with Crippen LogP contribution in [0.25, 0.3) is 0 Å². The van der Waals surface area contributed by atoms with Gasteiger partial charge in [-0.1, -0.05) is 0 Å². The van der Waals surface area contributed by atoms with Crippen LogP contribution >= 0.6 is 0 Å². The molecule has 0 aromatic carbocycles. The van der Waals surface area contributed by atoms with Gasteiger partial charge in [0.05, 0.1) is 0 Å². The Morgan fingerprint density at radius 3 is 2.57 bits per heavy atom. The van der Waals surface area contributed by atoms with Crippen molar-refractivity contribution in [2.45, 2.75) is 13.2 Å². The van der Waals surface area contributed by atoms with E-state index in [1.165, 1.54) is 8.88 Å². The van der Waals surface area contributed by atoms with Gasteiger partial charge in [-0.05, 0) is 0 Å². The van der Waals surface area contributed by atoms with E-state index >= 15 is 0 Å². The number of rotatable bonds is 1. The molecule has 0 rings (SSSR count). The normalized spacial score (nSPS) is 7.00. The van der Waals surface area contributed by atoms with E-state index in [-0.39, 0.29) is 7.44 Å². The molecule has 0 radical (unpaired) electrons. The molecule has 5 heteroatoms. The predicted molar refractivity (Wildman–Crippen MR) is 45.7 cm³/mol. The van der Waals surface area contributed by atoms with Crippen molar-refractivity contribution in [2.24, 2.45) is 0 Å². The monoisotopic (exact) mass is 168 g/mol. The van der Waals surface area contributed by atoms with Crippen molar-refractivity contribution in [3.63, 3.8) is 0 Å². The van der Waals surface area contributed by atoms with Gasteiger partial charge in [-0.15, -0.1) is 0 Å². The van der Waals surface area contributed by atoms with E-state index in [0.29, 0.717) is 0 Å². The molecule has 0 fully saturated rings. The van der Waals surface area contributed by atoms with Crippen LogP contribution in [0.15, 0.2) is 0 Å². The van der Waals surface area contributed by atoms with Crippen molar-refractivity contribution in [1.82, 2.24) is 0 Å². The van der Waals surface area contributed by atoms with Gasteiger partial charge in [0.2, 0.25) is 0 Å². The van der Waals surface area contributed by atoms with Crippen molar-refractivity contribution >= 4 is 44.9 Å². The van der Waals surface area contributed by atoms with Crippen molar-refractivity contribution in [3.05, 3.63) is 0 Å². The van der Waals surface area contributed by atoms with E-state index in [4.69, 9.17) is 11.2 Å². The second kappa shape index (κ2) is 5.09. The van der Waals surface area contributed by atoms with E-state index < -0.39 is 0 Å². The predicted octanol–water partition coefficient (Wildman–Crippen LogP) is 0.583. The molecule has 0 amide bonds. The van der Waals surface area contributed by atoms with E-state index in [0.717, 1.165) is 6.32 Å². The molecule has 0 saturated carbocycles. The first-order valence-electron chi connectivity index (χ1n) is 1.85. The zero-order chi connectivity index (χ0) is 5.70. The summed E-state index contributed by atoms with van der Waals surface area (Å²) in [5.41, 5.74) is 0. The van der Waals surface area contributed by atoms with Crippen LogP contribution in [0.2, 0.25) is 6.32 Å². The van der Waals surface area contributed by atoms with E-state index in [2.05, 4.69) is 18.1 Å². The van der Waals surface area contributed by atoms with Crippen LogP contribution in [0.1, 0.15) is 6.92 Å². The summed E-state index contributed by atoms with van der Waals surface area (Å²) >= 11 is 9.50. The second-order valence-electron chi connectivity index (χ2n) is 0.903. The van der Waals surface area contributed by atoms with Gasteiger partial charge in [-0.3, -0.25) is 0 Å². The van der Waals surface area contributed by atoms with Crippen molar-refractivity contribution in [1.29, 1.82) is 0 Å². The molecule has 0 N–H and O–H groups in total. The van der Waals surface area contributed by atoms with Gasteiger partial charge in [0.1, 0.15) is 0 Å². The molecule has 0 bridgehead atoms. The van der Waals surface area contributed by atoms with Gasteiger partial charge < -0.3 is 0 Å². The molecule has 0 aliphatic carbocycles. The van der Waals surface area contributed by atoms with Gasteiger partial charge in [-0.2, -0.15) is 0 Å². The molecule has 0 aliphatic heterocycles. The Kier molecular flexibility index (Phi) is 5.78. The third-order valence-corrected chi connectivity index (χ3v) is 5.04. The minimum absolute atomic E-state index is 0.0872. The summed E-state index contributed by atoms with van der Waals surface area (Å²) in [6.45, 7) is 2.07. The van der Waals surface area contributed by atoms with Gasteiger partial charge in [0.15, 0.2) is 0 Å². The molecule has 0 unspecified atom stereocenters. The average Bonchev–Trinajstić information content (AvgIpc) is 1.68. The molecular formula is C2H5BS4. The quantitative estimate of drug-likeness (QED) is 0.525. The van der Waals surface area contributed by atoms with Gasteiger partial charge in [0.25, 0.3) is 0 Å². The topological polar surface area (TPSA) is 0 Å². The Hall–Kier alpha value is 0.945. The Bertz CT molecular complexity index is 184. The Morgan fingerprint density at radius 2 is 2.43 bits per heavy atom. The fourth-order valence-corrected chi connectivity index (χ4v) is 1.97. The van der Waals surface area contributed by atoms with Crippen molar-refractivity contribution in [2.75, 3.05) is 0 Å². The van der Waals surface area contributed by atoms with Crippen LogP contribution in [0.3, 0.4) is 0 Å². The molecule has 7 heavy (non-hydrogen) atoms. The molecule has 0 spiro atoms. The Balaban J connectivity index is 4.37. The standard InChI is InChI=1S/C2H5BS4/c1-2-3-7(5)6-4/h2H2,1H3. The van der Waals surface area contributed by atoms with Crippen LogP contribution in [-0.2, 0) is 38.7 Å². The molecular weight excluding hydrogens is 163 g/mol. The average molecular weight is 168 g/mol. The van der Waals surface area contributed by atoms with Crippen LogP contribution in [0.4, 0.5) is 0 Å². The minimum atomic E-state index is -0.0872. The first-order valence-corrected chi connectivity index (χ1v) is 6.32. The maximum absolute atomic E-state index is 4.87. The first-order chi connectivity index (χ1) is 3.31. The second-order valence-corrected chi connectivity index (χ2v) is 6.31. The number of hydrogen-bond acceptors (Lipinski definition) is 2. The SMILES string of the molecule is CCB=S(=S)=S=S. The van der Waals surface area contributed by atoms with Crippen LogP contribution in [0.5, 0.6) is 0 Å². The Morgan fingerprint density at radius 1 is 1.86 bits per heavy atom. The van der Waals surface area contributed by atoms with Crippen LogP contribution in [0, 0.1) is 0 Å². The summed E-state index contributed by atoms with van der Waals surface area (Å²) in [6, 6.07) is 0. The fourth-order valence-electron chi connectivity index (χ4n) is 0.164. The zero-order valence-electron chi connectivity index (χ0n) is 3.92. The third-order valence-electron chi connectivity index (χ3n) is 0.370. The molecule has 0 nitrogen and oxygen atoms in total. The van der Waals surface area contributed by atoms with Crippen molar-refractivity contribution in [3.8, 4) is 0 Å². The molecule has 0 heterocycles. The molecule has 0 aromatic heterocycles. The van der Waals surface area contributed by atoms with E-state index in [9.17, 15) is 0 Å². The van der Waals surface area contributed by atoms with Gasteiger partial charge in [-0.25, -0.2) is 0 Å². The van der Waals surface area contributed by atoms with Crippen molar-refractivity contribution < 1.29 is 0 Å². The summed E-state index contributed by atoms with van der Waals surface area (Å²) in [5.74, 6) is 0. The maximum atomic E-state index is 4.87. The first kappa shape index (κ1) is 7.94. The van der Waals surface area contributed by atoms with Crippen LogP contribution < -0.4 is 0 Å². The van der Waals surface area contributed by atoms with Gasteiger partial charge >= 0.3 is 58.1 Å². The van der Waals surface area contributed by atoms with E-state index in [1.807, 2.05) is 6.15 Å². The molecule has 0 aliphatic rings. The Labute approximate surface area is 58.1 Å². The van der Waals surface area contributed by atoms with E-state index in [1.54, 1.807) is 0 Å².